The molecule has 0 saturated heterocycles. The largest absolute Gasteiger partial charge is 0.508 e. The molecule has 3 aromatic carbocycles. The molecule has 0 saturated carbocycles. The van der Waals surface area contributed by atoms with Crippen molar-refractivity contribution in [2.45, 2.75) is 12.8 Å². The summed E-state index contributed by atoms with van der Waals surface area (Å²) in [5.74, 6) is 0.773. The van der Waals surface area contributed by atoms with Gasteiger partial charge in [0.05, 0.1) is 24.0 Å². The lowest BCUT2D eigenvalue weighted by Gasteiger charge is -2.15. The molecular formula is C24H22N2O3. The van der Waals surface area contributed by atoms with E-state index in [1.165, 1.54) is 6.07 Å². The van der Waals surface area contributed by atoms with E-state index in [1.54, 1.807) is 21.5 Å². The average Bonchev–Trinajstić information content (AvgIpc) is 3.09. The second-order valence-corrected chi connectivity index (χ2v) is 6.73. The van der Waals surface area contributed by atoms with Gasteiger partial charge in [-0.2, -0.15) is 0 Å². The summed E-state index contributed by atoms with van der Waals surface area (Å²) in [6.07, 6.45) is 1.62. The van der Waals surface area contributed by atoms with Crippen molar-refractivity contribution in [3.05, 3.63) is 107 Å². The van der Waals surface area contributed by atoms with Gasteiger partial charge in [0.1, 0.15) is 5.75 Å². The van der Waals surface area contributed by atoms with Gasteiger partial charge in [-0.1, -0.05) is 48.5 Å². The first-order valence-corrected chi connectivity index (χ1v) is 9.59. The monoisotopic (exact) mass is 386 g/mol. The number of phenols is 1. The van der Waals surface area contributed by atoms with Gasteiger partial charge in [-0.05, 0) is 54.8 Å². The summed E-state index contributed by atoms with van der Waals surface area (Å²) in [4.78, 5) is 12.8. The van der Waals surface area contributed by atoms with E-state index < -0.39 is 0 Å². The van der Waals surface area contributed by atoms with Gasteiger partial charge in [-0.15, -0.1) is 0 Å². The van der Waals surface area contributed by atoms with Crippen LogP contribution in [0.1, 0.15) is 12.0 Å². The molecule has 4 rings (SSSR count). The summed E-state index contributed by atoms with van der Waals surface area (Å²) in [5.41, 5.74) is 2.62. The molecule has 5 nitrogen and oxygen atoms in total. The Labute approximate surface area is 169 Å². The lowest BCUT2D eigenvalue weighted by atomic mass is 10.1. The van der Waals surface area contributed by atoms with Crippen molar-refractivity contribution in [3.8, 4) is 23.0 Å². The smallest absolute Gasteiger partial charge is 0.275 e. The van der Waals surface area contributed by atoms with Crippen LogP contribution in [0.3, 0.4) is 0 Å². The zero-order valence-electron chi connectivity index (χ0n) is 15.9. The van der Waals surface area contributed by atoms with Gasteiger partial charge >= 0.3 is 0 Å². The van der Waals surface area contributed by atoms with E-state index in [0.717, 1.165) is 29.8 Å². The molecule has 1 aromatic heterocycles. The first-order valence-electron chi connectivity index (χ1n) is 9.59. The van der Waals surface area contributed by atoms with Crippen molar-refractivity contribution in [1.82, 2.24) is 9.36 Å². The van der Waals surface area contributed by atoms with E-state index in [1.807, 2.05) is 72.8 Å². The van der Waals surface area contributed by atoms with Crippen LogP contribution in [0.15, 0.2) is 95.8 Å². The molecule has 0 amide bonds. The highest BCUT2D eigenvalue weighted by molar-refractivity contribution is 5.40. The summed E-state index contributed by atoms with van der Waals surface area (Å²) < 4.78 is 9.43. The van der Waals surface area contributed by atoms with E-state index in [-0.39, 0.29) is 11.3 Å². The molecule has 0 atom stereocenters. The predicted octanol–water partition coefficient (Wildman–Crippen LogP) is 4.35. The number of aromatic hydroxyl groups is 1. The molecule has 4 aromatic rings. The number of phenolic OH excluding ortho intramolecular Hbond substituents is 1. The summed E-state index contributed by atoms with van der Waals surface area (Å²) >= 11 is 0. The van der Waals surface area contributed by atoms with E-state index in [0.29, 0.717) is 12.5 Å². The van der Waals surface area contributed by atoms with E-state index >= 15 is 0 Å². The molecular weight excluding hydrogens is 364 g/mol. The van der Waals surface area contributed by atoms with Crippen LogP contribution in [0.2, 0.25) is 0 Å². The fourth-order valence-corrected chi connectivity index (χ4v) is 3.27. The van der Waals surface area contributed by atoms with Crippen molar-refractivity contribution < 1.29 is 9.84 Å². The van der Waals surface area contributed by atoms with Crippen molar-refractivity contribution in [2.75, 3.05) is 6.61 Å². The van der Waals surface area contributed by atoms with Crippen LogP contribution in [0.5, 0.6) is 11.6 Å². The van der Waals surface area contributed by atoms with Gasteiger partial charge in [-0.25, -0.2) is 9.36 Å². The van der Waals surface area contributed by atoms with Gasteiger partial charge in [0, 0.05) is 0 Å². The standard InChI is InChI=1S/C24H22N2O3/c27-22-15-13-19(14-16-22)8-7-17-29-24-18-23(28)25(20-9-3-1-4-10-20)26(24)21-11-5-2-6-12-21/h1-6,9-16,18,27H,7-8,17H2. The molecule has 0 aliphatic carbocycles. The van der Waals surface area contributed by atoms with Crippen LogP contribution in [-0.2, 0) is 6.42 Å². The number of benzene rings is 3. The van der Waals surface area contributed by atoms with Crippen LogP contribution in [0, 0.1) is 0 Å². The number of hydrogen-bond donors (Lipinski definition) is 1. The van der Waals surface area contributed by atoms with Gasteiger partial charge in [0.25, 0.3) is 5.56 Å². The number of ether oxygens (including phenoxy) is 1. The maximum absolute atomic E-state index is 12.8. The minimum absolute atomic E-state index is 0.145. The topological polar surface area (TPSA) is 56.4 Å². The minimum Gasteiger partial charge on any atom is -0.508 e. The normalized spacial score (nSPS) is 10.8. The molecule has 0 radical (unpaired) electrons. The molecule has 29 heavy (non-hydrogen) atoms. The van der Waals surface area contributed by atoms with Crippen LogP contribution >= 0.6 is 0 Å². The van der Waals surface area contributed by atoms with Crippen molar-refractivity contribution in [1.29, 1.82) is 0 Å². The number of para-hydroxylation sites is 2. The molecule has 5 heteroatoms. The zero-order valence-corrected chi connectivity index (χ0v) is 15.9. The number of hydrogen-bond acceptors (Lipinski definition) is 3. The average molecular weight is 386 g/mol. The minimum atomic E-state index is -0.145. The van der Waals surface area contributed by atoms with Crippen LogP contribution < -0.4 is 10.3 Å². The molecule has 0 aliphatic rings. The molecule has 0 spiro atoms. The van der Waals surface area contributed by atoms with Crippen molar-refractivity contribution >= 4 is 0 Å². The highest BCUT2D eigenvalue weighted by Crippen LogP contribution is 2.20. The van der Waals surface area contributed by atoms with Gasteiger partial charge < -0.3 is 9.84 Å². The molecule has 1 heterocycles. The second kappa shape index (κ2) is 8.52. The summed E-state index contributed by atoms with van der Waals surface area (Å²) in [5, 5.41) is 9.38. The van der Waals surface area contributed by atoms with Gasteiger partial charge in [0.15, 0.2) is 0 Å². The van der Waals surface area contributed by atoms with Crippen molar-refractivity contribution in [2.24, 2.45) is 0 Å². The van der Waals surface area contributed by atoms with Crippen LogP contribution in [-0.4, -0.2) is 21.1 Å². The fraction of sp³-hybridized carbons (Fsp3) is 0.125. The third kappa shape index (κ3) is 4.24. The maximum atomic E-state index is 12.8. The molecule has 0 bridgehead atoms. The Morgan fingerprint density at radius 2 is 1.34 bits per heavy atom. The molecule has 0 fully saturated rings. The number of nitrogens with zero attached hydrogens (tertiary/aromatic N) is 2. The lowest BCUT2D eigenvalue weighted by Crippen LogP contribution is -2.20. The zero-order chi connectivity index (χ0) is 20.1. The van der Waals surface area contributed by atoms with E-state index in [4.69, 9.17) is 4.74 Å². The Bertz CT molecular complexity index is 1110. The number of aromatic nitrogens is 2. The Kier molecular flexibility index (Phi) is 5.47. The first kappa shape index (κ1) is 18.6. The second-order valence-electron chi connectivity index (χ2n) is 6.73. The van der Waals surface area contributed by atoms with E-state index in [9.17, 15) is 9.90 Å². The van der Waals surface area contributed by atoms with Crippen LogP contribution in [0.4, 0.5) is 0 Å². The summed E-state index contributed by atoms with van der Waals surface area (Å²) in [6.45, 7) is 0.478. The highest BCUT2D eigenvalue weighted by atomic mass is 16.5. The Balaban J connectivity index is 1.58. The van der Waals surface area contributed by atoms with Gasteiger partial charge in [0.2, 0.25) is 5.88 Å². The number of aryl methyl sites for hydroxylation is 1. The number of rotatable bonds is 7. The molecule has 146 valence electrons. The first-order chi connectivity index (χ1) is 14.2. The van der Waals surface area contributed by atoms with Gasteiger partial charge in [-0.3, -0.25) is 4.79 Å². The highest BCUT2D eigenvalue weighted by Gasteiger charge is 2.15. The lowest BCUT2D eigenvalue weighted by molar-refractivity contribution is 0.288. The fourth-order valence-electron chi connectivity index (χ4n) is 3.27. The quantitative estimate of drug-likeness (QED) is 0.481. The maximum Gasteiger partial charge on any atom is 0.275 e. The summed E-state index contributed by atoms with van der Waals surface area (Å²) in [6, 6.07) is 27.9. The van der Waals surface area contributed by atoms with Crippen molar-refractivity contribution in [3.63, 3.8) is 0 Å². The predicted molar refractivity (Wildman–Crippen MR) is 113 cm³/mol. The third-order valence-electron chi connectivity index (χ3n) is 4.66. The molecule has 1 N–H and O–H groups in total. The summed E-state index contributed by atoms with van der Waals surface area (Å²) in [7, 11) is 0. The van der Waals surface area contributed by atoms with Crippen LogP contribution in [0.25, 0.3) is 11.4 Å². The Morgan fingerprint density at radius 3 is 1.97 bits per heavy atom. The van der Waals surface area contributed by atoms with E-state index in [2.05, 4.69) is 0 Å². The third-order valence-corrected chi connectivity index (χ3v) is 4.66. The SMILES string of the molecule is O=c1cc(OCCCc2ccc(O)cc2)n(-c2ccccc2)n1-c1ccccc1. The molecule has 0 aliphatic heterocycles. The molecule has 0 unspecified atom stereocenters. The Morgan fingerprint density at radius 1 is 0.759 bits per heavy atom. The Hall–Kier alpha value is -3.73.